The van der Waals surface area contributed by atoms with Crippen molar-refractivity contribution in [1.29, 1.82) is 0 Å². The minimum absolute atomic E-state index is 0.181. The molecule has 3 heteroatoms. The van der Waals surface area contributed by atoms with Gasteiger partial charge >= 0.3 is 0 Å². The van der Waals surface area contributed by atoms with Crippen molar-refractivity contribution in [2.24, 2.45) is 5.92 Å². The highest BCUT2D eigenvalue weighted by Crippen LogP contribution is 2.36. The number of hydrogen-bond donors (Lipinski definition) is 1. The summed E-state index contributed by atoms with van der Waals surface area (Å²) in [5.41, 5.74) is 0.969. The van der Waals surface area contributed by atoms with Crippen molar-refractivity contribution in [3.8, 4) is 5.75 Å². The summed E-state index contributed by atoms with van der Waals surface area (Å²) >= 11 is 0. The van der Waals surface area contributed by atoms with Gasteiger partial charge in [-0.05, 0) is 29.9 Å². The molecule has 0 aliphatic carbocycles. The molecule has 1 heterocycles. The fraction of sp³-hybridized carbons (Fsp3) is 0.412. The van der Waals surface area contributed by atoms with Gasteiger partial charge in [0.25, 0.3) is 0 Å². The molecule has 2 unspecified atom stereocenters. The molecule has 1 aliphatic rings. The van der Waals surface area contributed by atoms with E-state index >= 15 is 0 Å². The van der Waals surface area contributed by atoms with Gasteiger partial charge in [0.1, 0.15) is 5.75 Å². The summed E-state index contributed by atoms with van der Waals surface area (Å²) in [7, 11) is 1.67. The van der Waals surface area contributed by atoms with E-state index in [1.165, 1.54) is 0 Å². The van der Waals surface area contributed by atoms with Crippen LogP contribution in [0.2, 0.25) is 0 Å². The molecule has 0 radical (unpaired) electrons. The first-order valence-corrected chi connectivity index (χ1v) is 7.12. The lowest BCUT2D eigenvalue weighted by atomic mass is 9.88. The Morgan fingerprint density at radius 1 is 1.20 bits per heavy atom. The van der Waals surface area contributed by atoms with Crippen LogP contribution in [-0.2, 0) is 4.74 Å². The van der Waals surface area contributed by atoms with Gasteiger partial charge in [-0.1, -0.05) is 30.3 Å². The Kier molecular flexibility index (Phi) is 3.90. The minimum Gasteiger partial charge on any atom is -0.496 e. The van der Waals surface area contributed by atoms with Gasteiger partial charge in [0.05, 0.1) is 19.8 Å². The fourth-order valence-electron chi connectivity index (χ4n) is 3.00. The van der Waals surface area contributed by atoms with Crippen molar-refractivity contribution in [3.05, 3.63) is 42.0 Å². The van der Waals surface area contributed by atoms with Crippen LogP contribution in [0, 0.1) is 5.92 Å². The van der Waals surface area contributed by atoms with Gasteiger partial charge in [-0.2, -0.15) is 0 Å². The number of fused-ring (bicyclic) bond motifs is 1. The second kappa shape index (κ2) is 5.81. The highest BCUT2D eigenvalue weighted by molar-refractivity contribution is 5.91. The van der Waals surface area contributed by atoms with Crippen molar-refractivity contribution < 1.29 is 14.6 Å². The lowest BCUT2D eigenvalue weighted by molar-refractivity contribution is -0.00943. The highest BCUT2D eigenvalue weighted by atomic mass is 16.5. The summed E-state index contributed by atoms with van der Waals surface area (Å²) in [6, 6.07) is 12.0. The number of ether oxygens (including phenoxy) is 2. The SMILES string of the molecule is COc1ccc(C(O)C2CCCOC2)c2ccccc12. The second-order valence-corrected chi connectivity index (χ2v) is 5.32. The maximum absolute atomic E-state index is 10.7. The van der Waals surface area contributed by atoms with E-state index in [4.69, 9.17) is 9.47 Å². The van der Waals surface area contributed by atoms with Crippen molar-refractivity contribution >= 4 is 10.8 Å². The third kappa shape index (κ3) is 2.39. The van der Waals surface area contributed by atoms with E-state index in [0.29, 0.717) is 6.61 Å². The lowest BCUT2D eigenvalue weighted by Crippen LogP contribution is -2.23. The molecule has 0 aromatic heterocycles. The lowest BCUT2D eigenvalue weighted by Gasteiger charge is -2.27. The Labute approximate surface area is 119 Å². The van der Waals surface area contributed by atoms with Crippen LogP contribution in [-0.4, -0.2) is 25.4 Å². The molecule has 2 aromatic rings. The van der Waals surface area contributed by atoms with Crippen LogP contribution in [0.1, 0.15) is 24.5 Å². The first kappa shape index (κ1) is 13.4. The van der Waals surface area contributed by atoms with Gasteiger partial charge in [-0.25, -0.2) is 0 Å². The highest BCUT2D eigenvalue weighted by Gasteiger charge is 2.25. The Balaban J connectivity index is 2.02. The van der Waals surface area contributed by atoms with E-state index in [2.05, 4.69) is 0 Å². The smallest absolute Gasteiger partial charge is 0.126 e. The standard InChI is InChI=1S/C17H20O3/c1-19-16-9-8-15(13-6-2-3-7-14(13)16)17(18)12-5-4-10-20-11-12/h2-3,6-9,12,17-18H,4-5,10-11H2,1H3. The first-order valence-electron chi connectivity index (χ1n) is 7.12. The molecular formula is C17H20O3. The number of rotatable bonds is 3. The summed E-state index contributed by atoms with van der Waals surface area (Å²) in [6.07, 6.45) is 1.56. The maximum atomic E-state index is 10.7. The normalized spacial score (nSPS) is 20.8. The topological polar surface area (TPSA) is 38.7 Å². The van der Waals surface area contributed by atoms with Crippen LogP contribution in [0.3, 0.4) is 0 Å². The largest absolute Gasteiger partial charge is 0.496 e. The molecule has 0 bridgehead atoms. The van der Waals surface area contributed by atoms with E-state index < -0.39 is 6.10 Å². The molecule has 1 saturated heterocycles. The van der Waals surface area contributed by atoms with Gasteiger partial charge in [0, 0.05) is 17.9 Å². The van der Waals surface area contributed by atoms with Crippen molar-refractivity contribution in [2.75, 3.05) is 20.3 Å². The van der Waals surface area contributed by atoms with Crippen LogP contribution in [0.15, 0.2) is 36.4 Å². The second-order valence-electron chi connectivity index (χ2n) is 5.32. The molecule has 20 heavy (non-hydrogen) atoms. The fourth-order valence-corrected chi connectivity index (χ4v) is 3.00. The first-order chi connectivity index (χ1) is 9.81. The van der Waals surface area contributed by atoms with Crippen molar-refractivity contribution in [1.82, 2.24) is 0 Å². The molecule has 2 aromatic carbocycles. The number of hydrogen-bond acceptors (Lipinski definition) is 3. The van der Waals surface area contributed by atoms with Crippen LogP contribution in [0.4, 0.5) is 0 Å². The Morgan fingerprint density at radius 3 is 2.70 bits per heavy atom. The van der Waals surface area contributed by atoms with Crippen LogP contribution in [0.25, 0.3) is 10.8 Å². The number of methoxy groups -OCH3 is 1. The monoisotopic (exact) mass is 272 g/mol. The van der Waals surface area contributed by atoms with Gasteiger partial charge in [0.15, 0.2) is 0 Å². The third-order valence-corrected chi connectivity index (χ3v) is 4.10. The molecule has 1 N–H and O–H groups in total. The van der Waals surface area contributed by atoms with Gasteiger partial charge < -0.3 is 14.6 Å². The summed E-state index contributed by atoms with van der Waals surface area (Å²) in [5.74, 6) is 1.02. The molecule has 3 rings (SSSR count). The van der Waals surface area contributed by atoms with Crippen molar-refractivity contribution in [3.63, 3.8) is 0 Å². The molecule has 106 valence electrons. The number of aliphatic hydroxyl groups is 1. The Bertz CT molecular complexity index is 588. The third-order valence-electron chi connectivity index (χ3n) is 4.10. The summed E-state index contributed by atoms with van der Waals surface area (Å²) < 4.78 is 10.9. The predicted octanol–water partition coefficient (Wildman–Crippen LogP) is 3.31. The zero-order valence-electron chi connectivity index (χ0n) is 11.7. The van der Waals surface area contributed by atoms with E-state index in [0.717, 1.165) is 41.5 Å². The van der Waals surface area contributed by atoms with Gasteiger partial charge in [-0.3, -0.25) is 0 Å². The quantitative estimate of drug-likeness (QED) is 0.931. The molecule has 1 aliphatic heterocycles. The number of benzene rings is 2. The molecule has 0 saturated carbocycles. The summed E-state index contributed by atoms with van der Waals surface area (Å²) in [4.78, 5) is 0. The van der Waals surface area contributed by atoms with Crippen LogP contribution < -0.4 is 4.74 Å². The summed E-state index contributed by atoms with van der Waals surface area (Å²) in [5, 5.41) is 12.8. The van der Waals surface area contributed by atoms with E-state index in [-0.39, 0.29) is 5.92 Å². The van der Waals surface area contributed by atoms with E-state index in [9.17, 15) is 5.11 Å². The van der Waals surface area contributed by atoms with Crippen LogP contribution in [0.5, 0.6) is 5.75 Å². The Morgan fingerprint density at radius 2 is 2.00 bits per heavy atom. The number of aliphatic hydroxyl groups excluding tert-OH is 1. The van der Waals surface area contributed by atoms with Gasteiger partial charge in [-0.15, -0.1) is 0 Å². The molecule has 3 nitrogen and oxygen atoms in total. The molecule has 0 spiro atoms. The predicted molar refractivity (Wildman–Crippen MR) is 79.0 cm³/mol. The van der Waals surface area contributed by atoms with Gasteiger partial charge in [0.2, 0.25) is 0 Å². The zero-order valence-corrected chi connectivity index (χ0v) is 11.7. The van der Waals surface area contributed by atoms with E-state index in [1.54, 1.807) is 7.11 Å². The van der Waals surface area contributed by atoms with Crippen LogP contribution >= 0.6 is 0 Å². The average Bonchev–Trinajstić information content (AvgIpc) is 2.54. The van der Waals surface area contributed by atoms with Crippen molar-refractivity contribution in [2.45, 2.75) is 18.9 Å². The molecular weight excluding hydrogens is 252 g/mol. The Hall–Kier alpha value is -1.58. The average molecular weight is 272 g/mol. The maximum Gasteiger partial charge on any atom is 0.126 e. The summed E-state index contributed by atoms with van der Waals surface area (Å²) in [6.45, 7) is 1.45. The van der Waals surface area contributed by atoms with E-state index in [1.807, 2.05) is 36.4 Å². The zero-order chi connectivity index (χ0) is 13.9. The molecule has 2 atom stereocenters. The molecule has 0 amide bonds. The molecule has 1 fully saturated rings. The minimum atomic E-state index is -0.480.